The molecule has 0 saturated carbocycles. The lowest BCUT2D eigenvalue weighted by Gasteiger charge is -2.49. The lowest BCUT2D eigenvalue weighted by molar-refractivity contribution is -0.384. The normalized spacial score (nSPS) is 22.7. The molecule has 144 valence electrons. The van der Waals surface area contributed by atoms with E-state index in [2.05, 4.69) is 49.2 Å². The van der Waals surface area contributed by atoms with E-state index in [0.29, 0.717) is 13.0 Å². The Balaban J connectivity index is 1.83. The Morgan fingerprint density at radius 2 is 2.00 bits per heavy atom. The van der Waals surface area contributed by atoms with Crippen molar-refractivity contribution in [3.05, 3.63) is 75.3 Å². The summed E-state index contributed by atoms with van der Waals surface area (Å²) >= 11 is 0. The van der Waals surface area contributed by atoms with Crippen molar-refractivity contribution in [2.45, 2.75) is 38.3 Å². The SMILES string of the molecule is Cc1ccc2c(c1)C(C)(C)C1(/C=C/c3cccc([N+](=O)[O-])c3)NC(=O)CCN21. The Hall–Kier alpha value is -3.15. The molecule has 1 amide bonds. The van der Waals surface area contributed by atoms with Gasteiger partial charge in [-0.15, -0.1) is 0 Å². The molecular weight excluding hydrogens is 354 g/mol. The van der Waals surface area contributed by atoms with E-state index in [-0.39, 0.29) is 17.0 Å². The Kier molecular flexibility index (Phi) is 4.03. The van der Waals surface area contributed by atoms with Crippen molar-refractivity contribution in [2.24, 2.45) is 0 Å². The maximum absolute atomic E-state index is 12.4. The molecule has 0 aromatic heterocycles. The van der Waals surface area contributed by atoms with E-state index < -0.39 is 10.6 Å². The topological polar surface area (TPSA) is 75.5 Å². The molecule has 1 fully saturated rings. The number of non-ortho nitro benzene ring substituents is 1. The van der Waals surface area contributed by atoms with Crippen molar-refractivity contribution in [1.29, 1.82) is 0 Å². The molecular formula is C22H23N3O3. The maximum atomic E-state index is 12.4. The fourth-order valence-corrected chi connectivity index (χ4v) is 4.43. The van der Waals surface area contributed by atoms with Gasteiger partial charge in [0, 0.05) is 36.2 Å². The summed E-state index contributed by atoms with van der Waals surface area (Å²) in [5.41, 5.74) is 3.18. The van der Waals surface area contributed by atoms with Crippen molar-refractivity contribution in [2.75, 3.05) is 11.4 Å². The summed E-state index contributed by atoms with van der Waals surface area (Å²) in [5.74, 6) is 0.0116. The van der Waals surface area contributed by atoms with Gasteiger partial charge in [-0.25, -0.2) is 0 Å². The lowest BCUT2D eigenvalue weighted by atomic mass is 9.74. The van der Waals surface area contributed by atoms with Crippen LogP contribution in [0.15, 0.2) is 48.5 Å². The number of fused-ring (bicyclic) bond motifs is 3. The predicted octanol–water partition coefficient (Wildman–Crippen LogP) is 3.93. The van der Waals surface area contributed by atoms with Gasteiger partial charge >= 0.3 is 0 Å². The van der Waals surface area contributed by atoms with Crippen LogP contribution in [0.25, 0.3) is 6.08 Å². The van der Waals surface area contributed by atoms with Gasteiger partial charge in [0.05, 0.1) is 4.92 Å². The largest absolute Gasteiger partial charge is 0.344 e. The minimum atomic E-state index is -0.719. The highest BCUT2D eigenvalue weighted by atomic mass is 16.6. The number of nitro groups is 1. The van der Waals surface area contributed by atoms with Gasteiger partial charge < -0.3 is 10.2 Å². The van der Waals surface area contributed by atoms with Gasteiger partial charge in [-0.3, -0.25) is 14.9 Å². The van der Waals surface area contributed by atoms with Gasteiger partial charge in [-0.2, -0.15) is 0 Å². The number of anilines is 1. The molecule has 1 N–H and O–H groups in total. The molecule has 0 aliphatic carbocycles. The third-order valence-corrected chi connectivity index (χ3v) is 5.99. The second-order valence-corrected chi connectivity index (χ2v) is 8.05. The van der Waals surface area contributed by atoms with Crippen molar-refractivity contribution < 1.29 is 9.72 Å². The molecule has 6 nitrogen and oxygen atoms in total. The van der Waals surface area contributed by atoms with E-state index in [9.17, 15) is 14.9 Å². The number of nitrogens with one attached hydrogen (secondary N) is 1. The summed E-state index contributed by atoms with van der Waals surface area (Å²) < 4.78 is 0. The minimum Gasteiger partial charge on any atom is -0.344 e. The van der Waals surface area contributed by atoms with Crippen LogP contribution in [0.1, 0.15) is 37.0 Å². The molecule has 1 atom stereocenters. The number of nitro benzene ring substituents is 1. The molecule has 1 unspecified atom stereocenters. The van der Waals surface area contributed by atoms with E-state index >= 15 is 0 Å². The average molecular weight is 377 g/mol. The van der Waals surface area contributed by atoms with Gasteiger partial charge in [0.15, 0.2) is 0 Å². The number of amides is 1. The highest BCUT2D eigenvalue weighted by Gasteiger charge is 2.57. The van der Waals surface area contributed by atoms with Crippen molar-refractivity contribution in [1.82, 2.24) is 5.32 Å². The summed E-state index contributed by atoms with van der Waals surface area (Å²) in [5, 5.41) is 14.3. The predicted molar refractivity (Wildman–Crippen MR) is 109 cm³/mol. The summed E-state index contributed by atoms with van der Waals surface area (Å²) in [6, 6.07) is 12.9. The van der Waals surface area contributed by atoms with Crippen LogP contribution in [-0.4, -0.2) is 23.0 Å². The van der Waals surface area contributed by atoms with Crippen LogP contribution < -0.4 is 10.2 Å². The second-order valence-electron chi connectivity index (χ2n) is 8.05. The quantitative estimate of drug-likeness (QED) is 0.650. The zero-order chi connectivity index (χ0) is 20.1. The number of benzene rings is 2. The molecule has 2 aromatic rings. The van der Waals surface area contributed by atoms with E-state index in [1.165, 1.54) is 17.2 Å². The number of rotatable bonds is 3. The molecule has 2 aliphatic heterocycles. The molecule has 1 saturated heterocycles. The van der Waals surface area contributed by atoms with Gasteiger partial charge in [0.25, 0.3) is 5.69 Å². The molecule has 2 heterocycles. The van der Waals surface area contributed by atoms with Gasteiger partial charge in [0.1, 0.15) is 5.66 Å². The molecule has 4 rings (SSSR count). The monoisotopic (exact) mass is 377 g/mol. The number of nitrogens with zero attached hydrogens (tertiary/aromatic N) is 2. The Labute approximate surface area is 164 Å². The fraction of sp³-hybridized carbons (Fsp3) is 0.318. The van der Waals surface area contributed by atoms with Crippen LogP contribution in [0.5, 0.6) is 0 Å². The first-order valence-corrected chi connectivity index (χ1v) is 9.38. The van der Waals surface area contributed by atoms with Gasteiger partial charge in [-0.1, -0.05) is 49.8 Å². The van der Waals surface area contributed by atoms with Crippen LogP contribution in [0.3, 0.4) is 0 Å². The number of hydrogen-bond donors (Lipinski definition) is 1. The standard InChI is InChI=1S/C22H23N3O3/c1-15-7-8-19-18(13-15)21(2,3)22(23-20(26)10-12-24(19)22)11-9-16-5-4-6-17(14-16)25(27)28/h4-9,11,13-14H,10,12H2,1-3H3,(H,23,26)/b11-9+. The number of carbonyl (C=O) groups excluding carboxylic acids is 1. The molecule has 6 heteroatoms. The smallest absolute Gasteiger partial charge is 0.270 e. The van der Waals surface area contributed by atoms with Crippen LogP contribution >= 0.6 is 0 Å². The third-order valence-electron chi connectivity index (χ3n) is 5.99. The molecule has 2 aliphatic rings. The summed E-state index contributed by atoms with van der Waals surface area (Å²) in [6.45, 7) is 6.96. The van der Waals surface area contributed by atoms with Crippen LogP contribution in [0, 0.1) is 17.0 Å². The Bertz CT molecular complexity index is 1010. The van der Waals surface area contributed by atoms with Gasteiger partial charge in [0.2, 0.25) is 5.91 Å². The lowest BCUT2D eigenvalue weighted by Crippen LogP contribution is -2.68. The first kappa shape index (κ1) is 18.2. The zero-order valence-electron chi connectivity index (χ0n) is 16.2. The molecule has 0 spiro atoms. The third kappa shape index (κ3) is 2.59. The molecule has 28 heavy (non-hydrogen) atoms. The first-order chi connectivity index (χ1) is 13.2. The highest BCUT2D eigenvalue weighted by molar-refractivity contribution is 5.84. The summed E-state index contributed by atoms with van der Waals surface area (Å²) in [6.07, 6.45) is 4.29. The van der Waals surface area contributed by atoms with E-state index in [0.717, 1.165) is 11.3 Å². The Morgan fingerprint density at radius 1 is 1.21 bits per heavy atom. The fourth-order valence-electron chi connectivity index (χ4n) is 4.43. The number of carbonyl (C=O) groups is 1. The number of hydrogen-bond acceptors (Lipinski definition) is 4. The molecule has 0 bridgehead atoms. The van der Waals surface area contributed by atoms with Crippen molar-refractivity contribution in [3.8, 4) is 0 Å². The van der Waals surface area contributed by atoms with E-state index in [1.807, 2.05) is 18.2 Å². The van der Waals surface area contributed by atoms with Crippen LogP contribution in [0.2, 0.25) is 0 Å². The van der Waals surface area contributed by atoms with Crippen molar-refractivity contribution in [3.63, 3.8) is 0 Å². The summed E-state index contributed by atoms with van der Waals surface area (Å²) in [7, 11) is 0. The molecule has 2 aromatic carbocycles. The Morgan fingerprint density at radius 3 is 2.75 bits per heavy atom. The maximum Gasteiger partial charge on any atom is 0.270 e. The minimum absolute atomic E-state index is 0.0116. The average Bonchev–Trinajstić information content (AvgIpc) is 2.84. The van der Waals surface area contributed by atoms with E-state index in [4.69, 9.17) is 0 Å². The number of aryl methyl sites for hydroxylation is 1. The highest BCUT2D eigenvalue weighted by Crippen LogP contribution is 2.52. The van der Waals surface area contributed by atoms with Crippen LogP contribution in [0.4, 0.5) is 11.4 Å². The zero-order valence-corrected chi connectivity index (χ0v) is 16.2. The summed E-state index contributed by atoms with van der Waals surface area (Å²) in [4.78, 5) is 25.3. The van der Waals surface area contributed by atoms with Crippen molar-refractivity contribution >= 4 is 23.4 Å². The van der Waals surface area contributed by atoms with E-state index in [1.54, 1.807) is 12.1 Å². The van der Waals surface area contributed by atoms with Crippen LogP contribution in [-0.2, 0) is 10.2 Å². The first-order valence-electron chi connectivity index (χ1n) is 9.38. The second kappa shape index (κ2) is 6.19. The van der Waals surface area contributed by atoms with Gasteiger partial charge in [-0.05, 0) is 30.2 Å². The molecule has 0 radical (unpaired) electrons.